The lowest BCUT2D eigenvalue weighted by Gasteiger charge is -2.28. The van der Waals surface area contributed by atoms with Gasteiger partial charge in [0.15, 0.2) is 6.61 Å². The minimum atomic E-state index is -0.776. The van der Waals surface area contributed by atoms with Crippen molar-refractivity contribution in [2.75, 3.05) is 13.2 Å². The molecule has 0 heterocycles. The average molecular weight is 407 g/mol. The van der Waals surface area contributed by atoms with Crippen molar-refractivity contribution in [3.63, 3.8) is 0 Å². The first-order chi connectivity index (χ1) is 13.4. The second kappa shape index (κ2) is 10.7. The zero-order chi connectivity index (χ0) is 20.5. The summed E-state index contributed by atoms with van der Waals surface area (Å²) in [6.07, 6.45) is 0.775. The molecule has 2 rings (SSSR count). The Kier molecular flexibility index (Phi) is 8.26. The van der Waals surface area contributed by atoms with Gasteiger partial charge in [-0.05, 0) is 37.6 Å². The highest BCUT2D eigenvalue weighted by molar-refractivity contribution is 6.30. The molecule has 5 nitrogen and oxygen atoms in total. The molecule has 0 aliphatic carbocycles. The van der Waals surface area contributed by atoms with Crippen LogP contribution in [0.25, 0.3) is 0 Å². The molecule has 2 amide bonds. The molecule has 0 aliphatic heterocycles. The van der Waals surface area contributed by atoms with Crippen molar-refractivity contribution in [2.24, 2.45) is 0 Å². The third kappa shape index (κ3) is 6.23. The Morgan fingerprint density at radius 3 is 2.64 bits per heavy atom. The smallest absolute Gasteiger partial charge is 0.261 e. The van der Waals surface area contributed by atoms with Gasteiger partial charge in [-0.3, -0.25) is 9.59 Å². The zero-order valence-electron chi connectivity index (χ0n) is 16.0. The van der Waals surface area contributed by atoms with Crippen molar-refractivity contribution in [3.8, 4) is 5.75 Å². The lowest BCUT2D eigenvalue weighted by molar-refractivity contribution is -0.142. The minimum Gasteiger partial charge on any atom is -0.484 e. The summed E-state index contributed by atoms with van der Waals surface area (Å²) in [5.41, 5.74) is 0.328. The van der Waals surface area contributed by atoms with Crippen molar-refractivity contribution in [1.29, 1.82) is 0 Å². The molecule has 0 fully saturated rings. The van der Waals surface area contributed by atoms with E-state index in [1.807, 2.05) is 6.92 Å². The first kappa shape index (κ1) is 21.7. The summed E-state index contributed by atoms with van der Waals surface area (Å²) in [5.74, 6) is -0.719. The number of nitrogens with zero attached hydrogens (tertiary/aromatic N) is 1. The molecule has 7 heteroatoms. The second-order valence-corrected chi connectivity index (χ2v) is 6.76. The maximum Gasteiger partial charge on any atom is 0.261 e. The molecule has 2 aromatic carbocycles. The van der Waals surface area contributed by atoms with Gasteiger partial charge in [-0.25, -0.2) is 4.39 Å². The summed E-state index contributed by atoms with van der Waals surface area (Å²) >= 11 is 5.92. The van der Waals surface area contributed by atoms with Crippen LogP contribution in [0.3, 0.4) is 0 Å². The van der Waals surface area contributed by atoms with Crippen molar-refractivity contribution in [2.45, 2.75) is 32.9 Å². The van der Waals surface area contributed by atoms with Crippen LogP contribution in [0.15, 0.2) is 48.5 Å². The van der Waals surface area contributed by atoms with Gasteiger partial charge in [0.1, 0.15) is 17.6 Å². The Bertz CT molecular complexity index is 816. The van der Waals surface area contributed by atoms with Crippen LogP contribution in [0.4, 0.5) is 4.39 Å². The van der Waals surface area contributed by atoms with Crippen LogP contribution in [0.2, 0.25) is 5.02 Å². The molecule has 0 saturated carbocycles. The first-order valence-corrected chi connectivity index (χ1v) is 9.49. The fourth-order valence-corrected chi connectivity index (χ4v) is 2.75. The van der Waals surface area contributed by atoms with E-state index in [0.717, 1.165) is 6.42 Å². The number of benzene rings is 2. The van der Waals surface area contributed by atoms with Gasteiger partial charge in [0.2, 0.25) is 5.91 Å². The maximum atomic E-state index is 14.1. The van der Waals surface area contributed by atoms with Gasteiger partial charge < -0.3 is 15.0 Å². The van der Waals surface area contributed by atoms with Gasteiger partial charge in [0.25, 0.3) is 5.91 Å². The minimum absolute atomic E-state index is 0.0366. The summed E-state index contributed by atoms with van der Waals surface area (Å²) in [6, 6.07) is 12.1. The van der Waals surface area contributed by atoms with Crippen molar-refractivity contribution >= 4 is 23.4 Å². The topological polar surface area (TPSA) is 58.6 Å². The van der Waals surface area contributed by atoms with Crippen LogP contribution >= 0.6 is 11.6 Å². The third-order valence-electron chi connectivity index (χ3n) is 4.17. The van der Waals surface area contributed by atoms with E-state index >= 15 is 0 Å². The van der Waals surface area contributed by atoms with Crippen LogP contribution in [0, 0.1) is 5.82 Å². The Morgan fingerprint density at radius 2 is 1.96 bits per heavy atom. The number of ether oxygens (including phenoxy) is 1. The van der Waals surface area contributed by atoms with E-state index in [1.54, 1.807) is 49.4 Å². The van der Waals surface area contributed by atoms with Gasteiger partial charge in [-0.2, -0.15) is 0 Å². The molecule has 0 bridgehead atoms. The molecule has 0 unspecified atom stereocenters. The molecular weight excluding hydrogens is 383 g/mol. The monoisotopic (exact) mass is 406 g/mol. The SMILES string of the molecule is CCCNC(=O)[C@@H](C)N(Cc1ccccc1F)C(=O)COc1cccc(Cl)c1. The summed E-state index contributed by atoms with van der Waals surface area (Å²) in [5, 5.41) is 3.25. The highest BCUT2D eigenvalue weighted by atomic mass is 35.5. The van der Waals surface area contributed by atoms with Crippen LogP contribution in [-0.2, 0) is 16.1 Å². The van der Waals surface area contributed by atoms with Crippen molar-refractivity contribution in [1.82, 2.24) is 10.2 Å². The number of hydrogen-bond donors (Lipinski definition) is 1. The van der Waals surface area contributed by atoms with Gasteiger partial charge in [0, 0.05) is 23.7 Å². The average Bonchev–Trinajstić information content (AvgIpc) is 2.69. The van der Waals surface area contributed by atoms with E-state index in [1.165, 1.54) is 11.0 Å². The molecule has 150 valence electrons. The number of hydrogen-bond acceptors (Lipinski definition) is 3. The Hall–Kier alpha value is -2.60. The maximum absolute atomic E-state index is 14.1. The van der Waals surface area contributed by atoms with Crippen LogP contribution in [0.1, 0.15) is 25.8 Å². The number of carbonyl (C=O) groups is 2. The van der Waals surface area contributed by atoms with E-state index in [-0.39, 0.29) is 19.1 Å². The Morgan fingerprint density at radius 1 is 1.21 bits per heavy atom. The molecule has 0 spiro atoms. The highest BCUT2D eigenvalue weighted by Gasteiger charge is 2.27. The largest absolute Gasteiger partial charge is 0.484 e. The van der Waals surface area contributed by atoms with E-state index in [9.17, 15) is 14.0 Å². The lowest BCUT2D eigenvalue weighted by atomic mass is 10.1. The molecular formula is C21H24ClFN2O3. The Labute approximate surface area is 169 Å². The van der Waals surface area contributed by atoms with E-state index in [2.05, 4.69) is 5.32 Å². The number of nitrogens with one attached hydrogen (secondary N) is 1. The third-order valence-corrected chi connectivity index (χ3v) is 4.41. The van der Waals surface area contributed by atoms with Gasteiger partial charge in [-0.1, -0.05) is 42.8 Å². The van der Waals surface area contributed by atoms with Crippen LogP contribution in [-0.4, -0.2) is 35.9 Å². The summed E-state index contributed by atoms with van der Waals surface area (Å²) in [6.45, 7) is 3.73. The number of halogens is 2. The molecule has 2 aromatic rings. The molecule has 1 atom stereocenters. The quantitative estimate of drug-likeness (QED) is 0.689. The molecule has 0 aromatic heterocycles. The normalized spacial score (nSPS) is 11.6. The fourth-order valence-electron chi connectivity index (χ4n) is 2.57. The summed E-state index contributed by atoms with van der Waals surface area (Å²) in [4.78, 5) is 26.5. The van der Waals surface area contributed by atoms with Gasteiger partial charge >= 0.3 is 0 Å². The highest BCUT2D eigenvalue weighted by Crippen LogP contribution is 2.18. The molecule has 0 aliphatic rings. The lowest BCUT2D eigenvalue weighted by Crippen LogP contribution is -2.49. The number of carbonyl (C=O) groups excluding carboxylic acids is 2. The van der Waals surface area contributed by atoms with Crippen molar-refractivity contribution < 1.29 is 18.7 Å². The van der Waals surface area contributed by atoms with Crippen LogP contribution in [0.5, 0.6) is 5.75 Å². The van der Waals surface area contributed by atoms with Crippen LogP contribution < -0.4 is 10.1 Å². The molecule has 1 N–H and O–H groups in total. The second-order valence-electron chi connectivity index (χ2n) is 6.33. The molecule has 28 heavy (non-hydrogen) atoms. The van der Waals surface area contributed by atoms with Gasteiger partial charge in [0.05, 0.1) is 0 Å². The van der Waals surface area contributed by atoms with E-state index in [0.29, 0.717) is 22.9 Å². The predicted octanol–water partition coefficient (Wildman–Crippen LogP) is 3.80. The van der Waals surface area contributed by atoms with E-state index in [4.69, 9.17) is 16.3 Å². The summed E-state index contributed by atoms with van der Waals surface area (Å²) < 4.78 is 19.6. The standard InChI is InChI=1S/C21H24ClFN2O3/c1-3-11-24-21(27)15(2)25(13-16-7-4-5-10-19(16)23)20(26)14-28-18-9-6-8-17(22)12-18/h4-10,12,15H,3,11,13-14H2,1-2H3,(H,24,27)/t15-/m1/s1. The summed E-state index contributed by atoms with van der Waals surface area (Å²) in [7, 11) is 0. The van der Waals surface area contributed by atoms with Gasteiger partial charge in [-0.15, -0.1) is 0 Å². The predicted molar refractivity (Wildman–Crippen MR) is 107 cm³/mol. The zero-order valence-corrected chi connectivity index (χ0v) is 16.7. The van der Waals surface area contributed by atoms with Crippen molar-refractivity contribution in [3.05, 3.63) is 64.9 Å². The molecule has 0 radical (unpaired) electrons. The Balaban J connectivity index is 2.14. The van der Waals surface area contributed by atoms with E-state index < -0.39 is 17.8 Å². The molecule has 0 saturated heterocycles. The number of amides is 2. The fraction of sp³-hybridized carbons (Fsp3) is 0.333. The first-order valence-electron chi connectivity index (χ1n) is 9.11. The number of rotatable bonds is 9.